The molecule has 8 nitrogen and oxygen atoms in total. The number of rotatable bonds is 5. The Bertz CT molecular complexity index is 979. The Hall–Kier alpha value is -2.19. The normalized spacial score (nSPS) is 34.2. The van der Waals surface area contributed by atoms with Gasteiger partial charge in [-0.2, -0.15) is 0 Å². The number of aliphatic hydroxyl groups is 1. The van der Waals surface area contributed by atoms with Gasteiger partial charge in [0.1, 0.15) is 17.6 Å². The number of likely N-dealkylation sites (tertiary alicyclic amines) is 1. The summed E-state index contributed by atoms with van der Waals surface area (Å²) in [5.41, 5.74) is -1.85. The molecule has 0 aromatic carbocycles. The second-order valence-electron chi connectivity index (χ2n) is 13.2. The van der Waals surface area contributed by atoms with Gasteiger partial charge in [0.15, 0.2) is 0 Å². The van der Waals surface area contributed by atoms with Crippen LogP contribution in [0.15, 0.2) is 24.3 Å². The van der Waals surface area contributed by atoms with E-state index >= 15 is 0 Å². The number of allylic oxidation sites excluding steroid dienone is 1. The molecule has 1 spiro atoms. The van der Waals surface area contributed by atoms with Crippen molar-refractivity contribution in [1.29, 1.82) is 0 Å². The van der Waals surface area contributed by atoms with Crippen molar-refractivity contribution < 1.29 is 29.0 Å². The number of carbonyl (C=O) groups is 3. The molecule has 2 saturated heterocycles. The maximum absolute atomic E-state index is 14.6. The van der Waals surface area contributed by atoms with Gasteiger partial charge in [-0.25, -0.2) is 0 Å². The summed E-state index contributed by atoms with van der Waals surface area (Å²) in [7, 11) is 0. The third-order valence-corrected chi connectivity index (χ3v) is 8.30. The van der Waals surface area contributed by atoms with Crippen LogP contribution in [-0.2, 0) is 23.9 Å². The summed E-state index contributed by atoms with van der Waals surface area (Å²) >= 11 is 0. The fourth-order valence-corrected chi connectivity index (χ4v) is 7.11. The molecule has 4 aliphatic rings. The molecule has 1 N–H and O–H groups in total. The van der Waals surface area contributed by atoms with E-state index in [4.69, 9.17) is 9.47 Å². The van der Waals surface area contributed by atoms with Crippen LogP contribution in [0.1, 0.15) is 67.7 Å². The van der Waals surface area contributed by atoms with E-state index in [1.807, 2.05) is 43.1 Å². The van der Waals surface area contributed by atoms with Gasteiger partial charge in [0.05, 0.1) is 31.3 Å². The molecule has 0 aliphatic carbocycles. The van der Waals surface area contributed by atoms with Crippen LogP contribution in [0.5, 0.6) is 0 Å². The molecule has 4 rings (SSSR count). The Kier molecular flexibility index (Phi) is 7.40. The van der Waals surface area contributed by atoms with Crippen LogP contribution in [0.25, 0.3) is 0 Å². The van der Waals surface area contributed by atoms with Gasteiger partial charge in [0.2, 0.25) is 11.8 Å². The van der Waals surface area contributed by atoms with Crippen molar-refractivity contribution in [3.63, 3.8) is 0 Å². The zero-order valence-corrected chi connectivity index (χ0v) is 23.4. The van der Waals surface area contributed by atoms with Crippen molar-refractivity contribution in [2.45, 2.75) is 97.1 Å². The topological polar surface area (TPSA) is 96.4 Å². The van der Waals surface area contributed by atoms with Crippen LogP contribution in [0.4, 0.5) is 0 Å². The number of amides is 2. The summed E-state index contributed by atoms with van der Waals surface area (Å²) in [5.74, 6) is -2.87. The van der Waals surface area contributed by atoms with Gasteiger partial charge in [0.25, 0.3) is 0 Å². The van der Waals surface area contributed by atoms with Crippen LogP contribution >= 0.6 is 0 Å². The zero-order valence-electron chi connectivity index (χ0n) is 23.4. The Morgan fingerprint density at radius 2 is 1.81 bits per heavy atom. The average molecular weight is 517 g/mol. The van der Waals surface area contributed by atoms with E-state index in [0.717, 1.165) is 12.8 Å². The van der Waals surface area contributed by atoms with E-state index in [1.165, 1.54) is 4.90 Å². The number of fused-ring (bicyclic) bond motifs is 2. The van der Waals surface area contributed by atoms with Crippen LogP contribution in [0, 0.1) is 23.2 Å². The fraction of sp³-hybridized carbons (Fsp3) is 0.759. The van der Waals surface area contributed by atoms with Crippen molar-refractivity contribution in [3.8, 4) is 0 Å². The van der Waals surface area contributed by atoms with E-state index < -0.39 is 47.1 Å². The number of hydrogen-bond donors (Lipinski definition) is 1. The fourth-order valence-electron chi connectivity index (χ4n) is 7.11. The molecule has 2 fully saturated rings. The van der Waals surface area contributed by atoms with Crippen LogP contribution in [-0.4, -0.2) is 81.8 Å². The molecule has 6 atom stereocenters. The summed E-state index contributed by atoms with van der Waals surface area (Å²) in [5, 5.41) is 10.4. The number of aliphatic hydroxyl groups excluding tert-OH is 1. The molecule has 0 aromatic heterocycles. The lowest BCUT2D eigenvalue weighted by Gasteiger charge is -2.45. The minimum absolute atomic E-state index is 0.0286. The minimum Gasteiger partial charge on any atom is -0.465 e. The lowest BCUT2D eigenvalue weighted by molar-refractivity contribution is -0.158. The largest absolute Gasteiger partial charge is 0.465 e. The smallest absolute Gasteiger partial charge is 0.312 e. The quantitative estimate of drug-likeness (QED) is 0.446. The summed E-state index contributed by atoms with van der Waals surface area (Å²) in [4.78, 5) is 45.5. The number of nitrogens with zero attached hydrogens (tertiary/aromatic N) is 2. The lowest BCUT2D eigenvalue weighted by Crippen LogP contribution is -2.62. The Morgan fingerprint density at radius 1 is 1.11 bits per heavy atom. The van der Waals surface area contributed by atoms with E-state index in [2.05, 4.69) is 34.6 Å². The molecule has 37 heavy (non-hydrogen) atoms. The minimum atomic E-state index is -1.32. The molecule has 206 valence electrons. The standard InChI is InChI=1S/C29H44N2O6/c1-18(2)19(16-32)31-23-25(34)30(28(6,7)17-27(3,4)5)14-11-13-29(23)22(24(31)33)21-20(37-29)12-9-8-10-15-36-26(21)35/h9,11-13,18-23,32H,8,10,14-17H2,1-7H3/b12-9-/t19-,20-,21+,22-,23?,29-/m0/s1. The monoisotopic (exact) mass is 516 g/mol. The van der Waals surface area contributed by atoms with Crippen molar-refractivity contribution in [2.75, 3.05) is 19.8 Å². The molecule has 0 saturated carbocycles. The highest BCUT2D eigenvalue weighted by Crippen LogP contribution is 2.54. The highest BCUT2D eigenvalue weighted by Gasteiger charge is 2.73. The van der Waals surface area contributed by atoms with Gasteiger partial charge in [-0.05, 0) is 44.4 Å². The zero-order chi connectivity index (χ0) is 27.3. The van der Waals surface area contributed by atoms with Crippen LogP contribution in [0.2, 0.25) is 0 Å². The van der Waals surface area contributed by atoms with E-state index in [9.17, 15) is 19.5 Å². The van der Waals surface area contributed by atoms with Crippen molar-refractivity contribution in [2.24, 2.45) is 23.2 Å². The summed E-state index contributed by atoms with van der Waals surface area (Å²) < 4.78 is 12.2. The molecule has 2 amide bonds. The Labute approximate surface area is 221 Å². The predicted octanol–water partition coefficient (Wildman–Crippen LogP) is 3.09. The SMILES string of the molecule is CC(C)[C@H](CO)N1C(=O)[C@@H]2[C@@H]3C(=O)OCCC/C=C\[C@@H]3O[C@@]23C=CCN(C(C)(C)CC(C)(C)C)C(=O)C13. The third kappa shape index (κ3) is 4.76. The molecule has 1 unspecified atom stereocenters. The summed E-state index contributed by atoms with van der Waals surface area (Å²) in [6.45, 7) is 14.8. The van der Waals surface area contributed by atoms with Gasteiger partial charge in [0, 0.05) is 12.1 Å². The van der Waals surface area contributed by atoms with Gasteiger partial charge in [-0.3, -0.25) is 14.4 Å². The molecule has 0 bridgehead atoms. The first-order chi connectivity index (χ1) is 17.2. The second kappa shape index (κ2) is 9.84. The average Bonchev–Trinajstić information content (AvgIpc) is 3.17. The van der Waals surface area contributed by atoms with E-state index in [-0.39, 0.29) is 36.4 Å². The maximum Gasteiger partial charge on any atom is 0.312 e. The van der Waals surface area contributed by atoms with Crippen LogP contribution in [0.3, 0.4) is 0 Å². The molecule has 0 aromatic rings. The first kappa shape index (κ1) is 27.8. The highest BCUT2D eigenvalue weighted by atomic mass is 16.6. The van der Waals surface area contributed by atoms with Gasteiger partial charge >= 0.3 is 5.97 Å². The van der Waals surface area contributed by atoms with Gasteiger partial charge < -0.3 is 24.4 Å². The number of carbonyl (C=O) groups excluding carboxylic acids is 3. The van der Waals surface area contributed by atoms with E-state index in [1.54, 1.807) is 0 Å². The van der Waals surface area contributed by atoms with Crippen molar-refractivity contribution >= 4 is 17.8 Å². The number of hydrogen-bond acceptors (Lipinski definition) is 6. The lowest BCUT2D eigenvalue weighted by atomic mass is 9.77. The Morgan fingerprint density at radius 3 is 2.43 bits per heavy atom. The molecule has 4 aliphatic heterocycles. The number of cyclic esters (lactones) is 1. The second-order valence-corrected chi connectivity index (χ2v) is 13.2. The first-order valence-electron chi connectivity index (χ1n) is 13.7. The first-order valence-corrected chi connectivity index (χ1v) is 13.7. The predicted molar refractivity (Wildman–Crippen MR) is 139 cm³/mol. The van der Waals surface area contributed by atoms with Gasteiger partial charge in [-0.1, -0.05) is 58.9 Å². The highest BCUT2D eigenvalue weighted by molar-refractivity contribution is 5.99. The van der Waals surface area contributed by atoms with E-state index in [0.29, 0.717) is 13.0 Å². The van der Waals surface area contributed by atoms with Gasteiger partial charge in [-0.15, -0.1) is 0 Å². The van der Waals surface area contributed by atoms with Crippen molar-refractivity contribution in [3.05, 3.63) is 24.3 Å². The summed E-state index contributed by atoms with van der Waals surface area (Å²) in [6.07, 6.45) is 9.12. The van der Waals surface area contributed by atoms with Crippen molar-refractivity contribution in [1.82, 2.24) is 9.80 Å². The van der Waals surface area contributed by atoms with Crippen LogP contribution < -0.4 is 0 Å². The molecule has 4 heterocycles. The summed E-state index contributed by atoms with van der Waals surface area (Å²) in [6, 6.07) is -1.58. The Balaban J connectivity index is 1.86. The third-order valence-electron chi connectivity index (χ3n) is 8.30. The maximum atomic E-state index is 14.6. The number of ether oxygens (including phenoxy) is 2. The molecule has 8 heteroatoms. The molecular weight excluding hydrogens is 472 g/mol. The molecular formula is C29H44N2O6. The number of esters is 1. The molecule has 0 radical (unpaired) electrons.